The molecule has 5 nitrogen and oxygen atoms in total. The summed E-state index contributed by atoms with van der Waals surface area (Å²) in [5.41, 5.74) is 3.56. The Morgan fingerprint density at radius 1 is 1.04 bits per heavy atom. The summed E-state index contributed by atoms with van der Waals surface area (Å²) in [6, 6.07) is 15.8. The highest BCUT2D eigenvalue weighted by atomic mass is 79.9. The molecule has 130 valence electrons. The number of nitrogens with zero attached hydrogens (tertiary/aromatic N) is 3. The monoisotopic (exact) mass is 409 g/mol. The van der Waals surface area contributed by atoms with Crippen LogP contribution in [0.25, 0.3) is 33.7 Å². The Balaban J connectivity index is 1.86. The summed E-state index contributed by atoms with van der Waals surface area (Å²) in [6.07, 6.45) is 0. The number of aromatic nitrogens is 3. The predicted molar refractivity (Wildman–Crippen MR) is 104 cm³/mol. The first-order valence-corrected chi connectivity index (χ1v) is 9.09. The van der Waals surface area contributed by atoms with Crippen molar-refractivity contribution in [3.8, 4) is 28.7 Å². The lowest BCUT2D eigenvalue weighted by Crippen LogP contribution is -1.99. The van der Waals surface area contributed by atoms with Crippen LogP contribution in [0.1, 0.15) is 12.5 Å². The van der Waals surface area contributed by atoms with Crippen molar-refractivity contribution in [2.45, 2.75) is 13.8 Å². The fourth-order valence-corrected chi connectivity index (χ4v) is 3.27. The molecule has 2 aromatic heterocycles. The van der Waals surface area contributed by atoms with Crippen LogP contribution >= 0.6 is 15.9 Å². The largest absolute Gasteiger partial charge is 0.477 e. The summed E-state index contributed by atoms with van der Waals surface area (Å²) in [7, 11) is 0. The minimum absolute atomic E-state index is 0.444. The number of aryl methyl sites for hydroxylation is 1. The minimum Gasteiger partial charge on any atom is -0.477 e. The number of halogens is 1. The van der Waals surface area contributed by atoms with E-state index in [0.717, 1.165) is 26.5 Å². The average Bonchev–Trinajstić information content (AvgIpc) is 3.12. The Hall–Kier alpha value is -2.73. The van der Waals surface area contributed by atoms with Gasteiger partial charge in [-0.3, -0.25) is 0 Å². The van der Waals surface area contributed by atoms with Gasteiger partial charge in [0, 0.05) is 9.86 Å². The fraction of sp³-hybridized carbons (Fsp3) is 0.150. The molecule has 0 saturated carbocycles. The van der Waals surface area contributed by atoms with Gasteiger partial charge < -0.3 is 9.26 Å². The van der Waals surface area contributed by atoms with Gasteiger partial charge in [0.15, 0.2) is 0 Å². The van der Waals surface area contributed by atoms with Gasteiger partial charge in [-0.25, -0.2) is 4.98 Å². The topological polar surface area (TPSA) is 61.0 Å². The normalized spacial score (nSPS) is 11.0. The summed E-state index contributed by atoms with van der Waals surface area (Å²) in [6.45, 7) is 4.46. The van der Waals surface area contributed by atoms with Gasteiger partial charge in [0.25, 0.3) is 5.89 Å². The van der Waals surface area contributed by atoms with Crippen LogP contribution in [0.4, 0.5) is 0 Å². The van der Waals surface area contributed by atoms with Crippen LogP contribution in [0.5, 0.6) is 5.88 Å². The minimum atomic E-state index is 0.444. The molecule has 0 amide bonds. The van der Waals surface area contributed by atoms with Crippen molar-refractivity contribution in [3.63, 3.8) is 0 Å². The average molecular weight is 410 g/mol. The Morgan fingerprint density at radius 3 is 2.69 bits per heavy atom. The number of fused-ring (bicyclic) bond motifs is 1. The molecule has 0 radical (unpaired) electrons. The lowest BCUT2D eigenvalue weighted by Gasteiger charge is -2.09. The van der Waals surface area contributed by atoms with Crippen LogP contribution in [-0.4, -0.2) is 21.7 Å². The zero-order valence-electron chi connectivity index (χ0n) is 14.4. The number of ether oxygens (including phenoxy) is 1. The first-order chi connectivity index (χ1) is 12.7. The van der Waals surface area contributed by atoms with Gasteiger partial charge in [-0.1, -0.05) is 35.5 Å². The molecule has 0 spiro atoms. The second-order valence-electron chi connectivity index (χ2n) is 5.82. The summed E-state index contributed by atoms with van der Waals surface area (Å²) < 4.78 is 12.1. The zero-order valence-corrected chi connectivity index (χ0v) is 15.9. The standard InChI is InChI=1S/C20H16BrN3O2/c1-3-25-19-15(11-13-8-6-7-12(2)17(13)22-19)18-23-20(26-24-18)14-9-4-5-10-16(14)21/h4-11H,3H2,1-2H3. The van der Waals surface area contributed by atoms with E-state index >= 15 is 0 Å². The van der Waals surface area contributed by atoms with Crippen molar-refractivity contribution in [1.82, 2.24) is 15.1 Å². The van der Waals surface area contributed by atoms with Gasteiger partial charge in [-0.15, -0.1) is 0 Å². The lowest BCUT2D eigenvalue weighted by atomic mass is 10.1. The third kappa shape index (κ3) is 2.97. The second-order valence-corrected chi connectivity index (χ2v) is 6.68. The van der Waals surface area contributed by atoms with Crippen LogP contribution in [0.3, 0.4) is 0 Å². The van der Waals surface area contributed by atoms with E-state index in [1.807, 2.05) is 62.4 Å². The molecule has 2 aromatic carbocycles. The maximum Gasteiger partial charge on any atom is 0.259 e. The maximum atomic E-state index is 5.75. The highest BCUT2D eigenvalue weighted by Crippen LogP contribution is 2.33. The first-order valence-electron chi connectivity index (χ1n) is 8.29. The van der Waals surface area contributed by atoms with Gasteiger partial charge in [0.1, 0.15) is 0 Å². The molecule has 4 aromatic rings. The zero-order chi connectivity index (χ0) is 18.1. The lowest BCUT2D eigenvalue weighted by molar-refractivity contribution is 0.329. The van der Waals surface area contributed by atoms with Crippen LogP contribution in [-0.2, 0) is 0 Å². The third-order valence-corrected chi connectivity index (χ3v) is 4.76. The van der Waals surface area contributed by atoms with Gasteiger partial charge in [0.05, 0.1) is 23.3 Å². The Bertz CT molecular complexity index is 1090. The van der Waals surface area contributed by atoms with E-state index in [1.54, 1.807) is 0 Å². The number of rotatable bonds is 4. The number of pyridine rings is 1. The van der Waals surface area contributed by atoms with Crippen molar-refractivity contribution in [2.24, 2.45) is 0 Å². The molecule has 0 aliphatic heterocycles. The first kappa shape index (κ1) is 16.7. The van der Waals surface area contributed by atoms with Gasteiger partial charge in [-0.05, 0) is 53.5 Å². The van der Waals surface area contributed by atoms with Crippen LogP contribution < -0.4 is 4.74 Å². The van der Waals surface area contributed by atoms with E-state index in [9.17, 15) is 0 Å². The van der Waals surface area contributed by atoms with E-state index in [4.69, 9.17) is 9.26 Å². The molecule has 0 bridgehead atoms. The second kappa shape index (κ2) is 6.88. The van der Waals surface area contributed by atoms with Gasteiger partial charge in [-0.2, -0.15) is 4.98 Å². The van der Waals surface area contributed by atoms with Crippen molar-refractivity contribution in [3.05, 3.63) is 58.6 Å². The Kier molecular flexibility index (Phi) is 4.42. The molecule has 0 fully saturated rings. The SMILES string of the molecule is CCOc1nc2c(C)cccc2cc1-c1noc(-c2ccccc2Br)n1. The molecule has 0 aliphatic carbocycles. The number of hydrogen-bond acceptors (Lipinski definition) is 5. The van der Waals surface area contributed by atoms with E-state index < -0.39 is 0 Å². The van der Waals surface area contributed by atoms with Crippen molar-refractivity contribution in [1.29, 1.82) is 0 Å². The van der Waals surface area contributed by atoms with E-state index in [-0.39, 0.29) is 0 Å². The molecule has 26 heavy (non-hydrogen) atoms. The predicted octanol–water partition coefficient (Wildman–Crippen LogP) is 5.42. The quantitative estimate of drug-likeness (QED) is 0.450. The van der Waals surface area contributed by atoms with Crippen LogP contribution in [0.2, 0.25) is 0 Å². The van der Waals surface area contributed by atoms with Crippen molar-refractivity contribution >= 4 is 26.8 Å². The van der Waals surface area contributed by atoms with E-state index in [1.165, 1.54) is 0 Å². The molecular weight excluding hydrogens is 394 g/mol. The molecule has 0 unspecified atom stereocenters. The summed E-state index contributed by atoms with van der Waals surface area (Å²) in [5.74, 6) is 1.41. The summed E-state index contributed by atoms with van der Waals surface area (Å²) in [4.78, 5) is 9.24. The molecule has 4 rings (SSSR count). The highest BCUT2D eigenvalue weighted by Gasteiger charge is 2.18. The third-order valence-electron chi connectivity index (χ3n) is 4.06. The molecular formula is C20H16BrN3O2. The summed E-state index contributed by atoms with van der Waals surface area (Å²) in [5, 5.41) is 5.16. The van der Waals surface area contributed by atoms with Crippen LogP contribution in [0.15, 0.2) is 57.5 Å². The molecule has 0 aliphatic rings. The molecule has 0 saturated heterocycles. The number of hydrogen-bond donors (Lipinski definition) is 0. The highest BCUT2D eigenvalue weighted by molar-refractivity contribution is 9.10. The van der Waals surface area contributed by atoms with E-state index in [2.05, 4.69) is 31.1 Å². The molecule has 2 heterocycles. The maximum absolute atomic E-state index is 5.75. The van der Waals surface area contributed by atoms with E-state index in [0.29, 0.717) is 29.8 Å². The Labute approximate surface area is 159 Å². The van der Waals surface area contributed by atoms with Gasteiger partial charge in [0.2, 0.25) is 11.7 Å². The Morgan fingerprint density at radius 2 is 1.88 bits per heavy atom. The van der Waals surface area contributed by atoms with Crippen molar-refractivity contribution in [2.75, 3.05) is 6.61 Å². The molecule has 0 N–H and O–H groups in total. The smallest absolute Gasteiger partial charge is 0.259 e. The molecule has 0 atom stereocenters. The van der Waals surface area contributed by atoms with Crippen LogP contribution in [0, 0.1) is 6.92 Å². The molecule has 6 heteroatoms. The number of para-hydroxylation sites is 1. The number of benzene rings is 2. The van der Waals surface area contributed by atoms with Crippen molar-refractivity contribution < 1.29 is 9.26 Å². The fourth-order valence-electron chi connectivity index (χ4n) is 2.81. The van der Waals surface area contributed by atoms with Gasteiger partial charge >= 0.3 is 0 Å². The summed E-state index contributed by atoms with van der Waals surface area (Å²) >= 11 is 3.51.